The van der Waals surface area contributed by atoms with Crippen LogP contribution in [0.2, 0.25) is 0 Å². The summed E-state index contributed by atoms with van der Waals surface area (Å²) < 4.78 is 52.7. The van der Waals surface area contributed by atoms with Crippen molar-refractivity contribution in [1.82, 2.24) is 0 Å². The Morgan fingerprint density at radius 2 is 1.79 bits per heavy atom. The number of alkyl halides is 3. The summed E-state index contributed by atoms with van der Waals surface area (Å²) in [4.78, 5) is 23.4. The average Bonchev–Trinajstić information content (AvgIpc) is 3.12. The number of fused-ring (bicyclic) bond motifs is 1. The number of carbonyl (C=O) groups is 2. The molecule has 0 unspecified atom stereocenters. The third-order valence-electron chi connectivity index (χ3n) is 3.65. The normalized spacial score (nSPS) is 12.8. The van der Waals surface area contributed by atoms with E-state index >= 15 is 0 Å². The Balaban J connectivity index is 1.47. The van der Waals surface area contributed by atoms with Crippen molar-refractivity contribution < 1.29 is 37.0 Å². The lowest BCUT2D eigenvalue weighted by molar-refractivity contribution is -0.142. The first kappa shape index (κ1) is 19.3. The van der Waals surface area contributed by atoms with Crippen LogP contribution < -0.4 is 14.8 Å². The Labute approximate surface area is 157 Å². The number of benzene rings is 2. The van der Waals surface area contributed by atoms with Crippen molar-refractivity contribution in [3.05, 3.63) is 59.7 Å². The van der Waals surface area contributed by atoms with Crippen LogP contribution in [0.5, 0.6) is 11.5 Å². The van der Waals surface area contributed by atoms with Gasteiger partial charge in [-0.15, -0.1) is 0 Å². The van der Waals surface area contributed by atoms with E-state index in [4.69, 9.17) is 14.2 Å². The van der Waals surface area contributed by atoms with Crippen LogP contribution in [0, 0.1) is 0 Å². The third-order valence-corrected chi connectivity index (χ3v) is 3.65. The van der Waals surface area contributed by atoms with Gasteiger partial charge in [-0.1, -0.05) is 6.07 Å². The van der Waals surface area contributed by atoms with Gasteiger partial charge in [-0.2, -0.15) is 13.2 Å². The second kappa shape index (κ2) is 8.03. The molecule has 0 aromatic heterocycles. The zero-order valence-electron chi connectivity index (χ0n) is 14.3. The van der Waals surface area contributed by atoms with E-state index in [0.717, 1.165) is 30.3 Å². The molecule has 1 aliphatic heterocycles. The van der Waals surface area contributed by atoms with E-state index in [1.807, 2.05) is 0 Å². The van der Waals surface area contributed by atoms with Crippen LogP contribution in [-0.4, -0.2) is 25.3 Å². The molecule has 2 aromatic carbocycles. The summed E-state index contributed by atoms with van der Waals surface area (Å²) in [5.41, 5.74) is 0.00550. The van der Waals surface area contributed by atoms with E-state index in [2.05, 4.69) is 5.32 Å². The standard InChI is InChI=1S/C19H14F3NO5/c20-19(21,22)13-3-5-14(6-4-13)23-17(24)10-26-18(25)8-2-12-1-7-15-16(9-12)28-11-27-15/h1-9H,10-11H2,(H,23,24)/b8-2+. The molecule has 1 aliphatic rings. The minimum Gasteiger partial charge on any atom is -0.454 e. The van der Waals surface area contributed by atoms with Crippen LogP contribution in [0.15, 0.2) is 48.5 Å². The number of halogens is 3. The monoisotopic (exact) mass is 393 g/mol. The Morgan fingerprint density at radius 1 is 1.07 bits per heavy atom. The van der Waals surface area contributed by atoms with Crippen LogP contribution in [0.1, 0.15) is 11.1 Å². The van der Waals surface area contributed by atoms with Gasteiger partial charge in [-0.3, -0.25) is 4.79 Å². The third kappa shape index (κ3) is 5.03. The number of carbonyl (C=O) groups excluding carboxylic acids is 2. The molecule has 0 spiro atoms. The molecule has 9 heteroatoms. The second-order valence-corrected chi connectivity index (χ2v) is 5.68. The van der Waals surface area contributed by atoms with Gasteiger partial charge in [0, 0.05) is 11.8 Å². The van der Waals surface area contributed by atoms with Crippen molar-refractivity contribution in [2.24, 2.45) is 0 Å². The minimum absolute atomic E-state index is 0.137. The molecule has 1 amide bonds. The summed E-state index contributed by atoms with van der Waals surface area (Å²) in [7, 11) is 0. The molecule has 1 heterocycles. The number of rotatable bonds is 5. The minimum atomic E-state index is -4.46. The number of ether oxygens (including phenoxy) is 3. The van der Waals surface area contributed by atoms with Crippen molar-refractivity contribution in [3.8, 4) is 11.5 Å². The quantitative estimate of drug-likeness (QED) is 0.620. The first-order chi connectivity index (χ1) is 13.3. The predicted molar refractivity (Wildman–Crippen MR) is 92.6 cm³/mol. The van der Waals surface area contributed by atoms with Gasteiger partial charge < -0.3 is 19.5 Å². The fourth-order valence-corrected chi connectivity index (χ4v) is 2.31. The SMILES string of the molecule is O=C(COC(=O)/C=C/c1ccc2c(c1)OCO2)Nc1ccc(C(F)(F)F)cc1. The maximum absolute atomic E-state index is 12.5. The molecule has 0 atom stereocenters. The van der Waals surface area contributed by atoms with Gasteiger partial charge in [-0.05, 0) is 48.0 Å². The van der Waals surface area contributed by atoms with Gasteiger partial charge >= 0.3 is 12.1 Å². The molecule has 0 saturated carbocycles. The summed E-state index contributed by atoms with van der Waals surface area (Å²) >= 11 is 0. The molecule has 2 aromatic rings. The lowest BCUT2D eigenvalue weighted by atomic mass is 10.2. The number of nitrogens with one attached hydrogen (secondary N) is 1. The highest BCUT2D eigenvalue weighted by atomic mass is 19.4. The molecule has 0 bridgehead atoms. The molecule has 3 rings (SSSR count). The van der Waals surface area contributed by atoms with Crippen molar-refractivity contribution in [3.63, 3.8) is 0 Å². The highest BCUT2D eigenvalue weighted by Crippen LogP contribution is 2.33. The second-order valence-electron chi connectivity index (χ2n) is 5.68. The molecule has 28 heavy (non-hydrogen) atoms. The topological polar surface area (TPSA) is 73.9 Å². The lowest BCUT2D eigenvalue weighted by Crippen LogP contribution is -2.20. The molecule has 0 radical (unpaired) electrons. The van der Waals surface area contributed by atoms with Gasteiger partial charge in [0.25, 0.3) is 5.91 Å². The summed E-state index contributed by atoms with van der Waals surface area (Å²) in [6.07, 6.45) is -1.83. The molecule has 6 nitrogen and oxygen atoms in total. The fourth-order valence-electron chi connectivity index (χ4n) is 2.31. The van der Waals surface area contributed by atoms with Gasteiger partial charge in [0.15, 0.2) is 18.1 Å². The molecule has 146 valence electrons. The molecule has 0 saturated heterocycles. The fraction of sp³-hybridized carbons (Fsp3) is 0.158. The molecule has 0 aliphatic carbocycles. The Hall–Kier alpha value is -3.49. The predicted octanol–water partition coefficient (Wildman–Crippen LogP) is 3.63. The van der Waals surface area contributed by atoms with E-state index in [-0.39, 0.29) is 12.5 Å². The van der Waals surface area contributed by atoms with Crippen molar-refractivity contribution in [2.45, 2.75) is 6.18 Å². The lowest BCUT2D eigenvalue weighted by Gasteiger charge is -2.08. The molecular formula is C19H14F3NO5. The van der Waals surface area contributed by atoms with Crippen molar-refractivity contribution >= 4 is 23.6 Å². The summed E-state index contributed by atoms with van der Waals surface area (Å²) in [5.74, 6) is -0.254. The van der Waals surface area contributed by atoms with Crippen LogP contribution in [0.4, 0.5) is 18.9 Å². The Kier molecular flexibility index (Phi) is 5.53. The van der Waals surface area contributed by atoms with E-state index < -0.39 is 30.2 Å². The Morgan fingerprint density at radius 3 is 2.50 bits per heavy atom. The number of amides is 1. The van der Waals surface area contributed by atoms with Gasteiger partial charge in [0.1, 0.15) is 0 Å². The maximum Gasteiger partial charge on any atom is 0.416 e. The molecule has 0 fully saturated rings. The van der Waals surface area contributed by atoms with Crippen molar-refractivity contribution in [1.29, 1.82) is 0 Å². The number of hydrogen-bond donors (Lipinski definition) is 1. The first-order valence-corrected chi connectivity index (χ1v) is 8.03. The maximum atomic E-state index is 12.5. The van der Waals surface area contributed by atoms with Gasteiger partial charge in [0.05, 0.1) is 5.56 Å². The highest BCUT2D eigenvalue weighted by molar-refractivity contribution is 5.94. The summed E-state index contributed by atoms with van der Waals surface area (Å²) in [5, 5.41) is 2.34. The number of hydrogen-bond acceptors (Lipinski definition) is 5. The van der Waals surface area contributed by atoms with Crippen LogP contribution in [0.25, 0.3) is 6.08 Å². The summed E-state index contributed by atoms with van der Waals surface area (Å²) in [6, 6.07) is 9.01. The average molecular weight is 393 g/mol. The molecule has 1 N–H and O–H groups in total. The van der Waals surface area contributed by atoms with Gasteiger partial charge in [0.2, 0.25) is 6.79 Å². The zero-order chi connectivity index (χ0) is 20.1. The first-order valence-electron chi connectivity index (χ1n) is 8.03. The van der Waals surface area contributed by atoms with Gasteiger partial charge in [-0.25, -0.2) is 4.79 Å². The van der Waals surface area contributed by atoms with Crippen LogP contribution in [-0.2, 0) is 20.5 Å². The largest absolute Gasteiger partial charge is 0.454 e. The van der Waals surface area contributed by atoms with E-state index in [0.29, 0.717) is 17.1 Å². The highest BCUT2D eigenvalue weighted by Gasteiger charge is 2.30. The van der Waals surface area contributed by atoms with E-state index in [9.17, 15) is 22.8 Å². The number of anilines is 1. The van der Waals surface area contributed by atoms with E-state index in [1.54, 1.807) is 18.2 Å². The zero-order valence-corrected chi connectivity index (χ0v) is 14.3. The number of esters is 1. The van der Waals surface area contributed by atoms with E-state index in [1.165, 1.54) is 6.08 Å². The smallest absolute Gasteiger partial charge is 0.416 e. The van der Waals surface area contributed by atoms with Crippen LogP contribution in [0.3, 0.4) is 0 Å². The Bertz CT molecular complexity index is 907. The summed E-state index contributed by atoms with van der Waals surface area (Å²) in [6.45, 7) is -0.441. The molecular weight excluding hydrogens is 379 g/mol. The van der Waals surface area contributed by atoms with Crippen LogP contribution >= 0.6 is 0 Å². The van der Waals surface area contributed by atoms with Crippen molar-refractivity contribution in [2.75, 3.05) is 18.7 Å².